The number of thiophene rings is 1. The Morgan fingerprint density at radius 3 is 2.69 bits per heavy atom. The highest BCUT2D eigenvalue weighted by molar-refractivity contribution is 7.12. The van der Waals surface area contributed by atoms with E-state index in [2.05, 4.69) is 74.1 Å². The summed E-state index contributed by atoms with van der Waals surface area (Å²) >= 11 is 1.71. The number of aliphatic imine (C=N–C) groups is 1. The molecule has 6 rings (SSSR count). The topological polar surface area (TPSA) is 35.1 Å². The number of nitrogens with zero attached hydrogens (tertiary/aromatic N) is 4. The van der Waals surface area contributed by atoms with Gasteiger partial charge in [0.25, 0.3) is 0 Å². The molecule has 0 bridgehead atoms. The Bertz CT molecular complexity index is 1340. The number of para-hydroxylation sites is 2. The summed E-state index contributed by atoms with van der Waals surface area (Å²) in [6.07, 6.45) is 1.84. The van der Waals surface area contributed by atoms with Gasteiger partial charge in [-0.2, -0.15) is 0 Å². The highest BCUT2D eigenvalue weighted by atomic mass is 32.1. The van der Waals surface area contributed by atoms with Crippen LogP contribution in [0.3, 0.4) is 0 Å². The van der Waals surface area contributed by atoms with E-state index >= 15 is 0 Å². The molecule has 1 aliphatic rings. The Hall–Kier alpha value is -3.18. The number of hydrogen-bond donors (Lipinski definition) is 0. The van der Waals surface area contributed by atoms with Gasteiger partial charge in [0.1, 0.15) is 0 Å². The second kappa shape index (κ2) is 4.93. The molecule has 124 valence electrons. The molecular weight excluding hydrogens is 340 g/mol. The molecule has 0 unspecified atom stereocenters. The van der Waals surface area contributed by atoms with Gasteiger partial charge in [-0.05, 0) is 17.5 Å². The van der Waals surface area contributed by atoms with E-state index in [1.165, 1.54) is 21.8 Å². The lowest BCUT2D eigenvalue weighted by Crippen LogP contribution is -2.03. The molecule has 0 amide bonds. The van der Waals surface area contributed by atoms with Crippen molar-refractivity contribution in [3.05, 3.63) is 76.7 Å². The third-order valence-corrected chi connectivity index (χ3v) is 5.90. The fourth-order valence-electron chi connectivity index (χ4n) is 3.94. The lowest BCUT2D eigenvalue weighted by molar-refractivity contribution is 0.864. The molecule has 5 heteroatoms. The molecule has 3 aromatic heterocycles. The van der Waals surface area contributed by atoms with Crippen LogP contribution in [0.5, 0.6) is 0 Å². The largest absolute Gasteiger partial charge is 0.318 e. The van der Waals surface area contributed by atoms with E-state index in [4.69, 9.17) is 4.99 Å². The van der Waals surface area contributed by atoms with Gasteiger partial charge in [-0.3, -0.25) is 4.57 Å². The quantitative estimate of drug-likeness (QED) is 0.406. The summed E-state index contributed by atoms with van der Waals surface area (Å²) in [5, 5.41) is 4.60. The average molecular weight is 354 g/mol. The zero-order chi connectivity index (χ0) is 17.3. The summed E-state index contributed by atoms with van der Waals surface area (Å²) in [6, 6.07) is 19.2. The first-order valence-electron chi connectivity index (χ1n) is 8.50. The van der Waals surface area contributed by atoms with Crippen LogP contribution in [0, 0.1) is 0 Å². The van der Waals surface area contributed by atoms with Gasteiger partial charge in [0, 0.05) is 23.4 Å². The molecule has 5 aromatic rings. The number of fused-ring (bicyclic) bond motifs is 5. The van der Waals surface area contributed by atoms with Crippen LogP contribution in [0.25, 0.3) is 27.6 Å². The van der Waals surface area contributed by atoms with E-state index in [-0.39, 0.29) is 0 Å². The Labute approximate surface area is 153 Å². The van der Waals surface area contributed by atoms with E-state index in [0.29, 0.717) is 0 Å². The van der Waals surface area contributed by atoms with Crippen molar-refractivity contribution in [1.82, 2.24) is 14.1 Å². The predicted molar refractivity (Wildman–Crippen MR) is 107 cm³/mol. The molecular formula is C21H14N4S. The third-order valence-electron chi connectivity index (χ3n) is 5.02. The lowest BCUT2D eigenvalue weighted by Gasteiger charge is -2.09. The molecule has 1 aliphatic heterocycles. The van der Waals surface area contributed by atoms with Crippen LogP contribution >= 0.6 is 11.3 Å². The smallest absolute Gasteiger partial charge is 0.196 e. The van der Waals surface area contributed by atoms with Crippen LogP contribution in [-0.2, 0) is 7.05 Å². The van der Waals surface area contributed by atoms with Crippen LogP contribution in [-0.4, -0.2) is 19.8 Å². The van der Waals surface area contributed by atoms with Gasteiger partial charge in [-0.25, -0.2) is 9.98 Å². The molecule has 0 spiro atoms. The standard InChI is InChI=1S/C21H14N4S/c1-24-12-22-20-21(24)25-16-9-3-2-6-13(16)14-7-4-8-15(19(14)25)18(23-20)17-10-5-11-26-17/h2-12H,1H3. The number of imidazole rings is 1. The summed E-state index contributed by atoms with van der Waals surface area (Å²) in [4.78, 5) is 10.7. The molecule has 0 radical (unpaired) electrons. The first kappa shape index (κ1) is 14.0. The Morgan fingerprint density at radius 2 is 1.81 bits per heavy atom. The molecule has 0 N–H and O–H groups in total. The SMILES string of the molecule is Cn1cnc2c1-n1c3ccccc3c3cccc(c31)C(c1cccs1)=N2. The minimum absolute atomic E-state index is 0.759. The fourth-order valence-corrected chi connectivity index (χ4v) is 4.67. The van der Waals surface area contributed by atoms with Crippen molar-refractivity contribution in [3.63, 3.8) is 0 Å². The normalized spacial score (nSPS) is 13.0. The number of hydrogen-bond acceptors (Lipinski definition) is 3. The molecule has 4 nitrogen and oxygen atoms in total. The van der Waals surface area contributed by atoms with Crippen LogP contribution < -0.4 is 0 Å². The van der Waals surface area contributed by atoms with Gasteiger partial charge < -0.3 is 4.57 Å². The maximum atomic E-state index is 5.00. The molecule has 26 heavy (non-hydrogen) atoms. The second-order valence-electron chi connectivity index (χ2n) is 6.49. The van der Waals surface area contributed by atoms with Gasteiger partial charge in [0.05, 0.1) is 27.9 Å². The molecule has 0 saturated carbocycles. The Morgan fingerprint density at radius 1 is 0.923 bits per heavy atom. The van der Waals surface area contributed by atoms with Gasteiger partial charge in [-0.1, -0.05) is 42.5 Å². The summed E-state index contributed by atoms with van der Waals surface area (Å²) in [5.74, 6) is 1.77. The van der Waals surface area contributed by atoms with Gasteiger partial charge in [0.2, 0.25) is 0 Å². The third kappa shape index (κ3) is 1.68. The van der Waals surface area contributed by atoms with Crippen molar-refractivity contribution < 1.29 is 0 Å². The zero-order valence-electron chi connectivity index (χ0n) is 14.0. The van der Waals surface area contributed by atoms with Crippen LogP contribution in [0.15, 0.2) is 71.3 Å². The highest BCUT2D eigenvalue weighted by Crippen LogP contribution is 2.40. The van der Waals surface area contributed by atoms with Crippen molar-refractivity contribution in [1.29, 1.82) is 0 Å². The van der Waals surface area contributed by atoms with Crippen molar-refractivity contribution in [2.24, 2.45) is 12.0 Å². The molecule has 0 fully saturated rings. The van der Waals surface area contributed by atoms with E-state index in [0.717, 1.165) is 27.8 Å². The van der Waals surface area contributed by atoms with Crippen LogP contribution in [0.4, 0.5) is 5.82 Å². The van der Waals surface area contributed by atoms with E-state index in [9.17, 15) is 0 Å². The molecule has 2 aromatic carbocycles. The Kier molecular flexibility index (Phi) is 2.66. The van der Waals surface area contributed by atoms with E-state index in [1.54, 1.807) is 11.3 Å². The van der Waals surface area contributed by atoms with Crippen LogP contribution in [0.2, 0.25) is 0 Å². The number of aromatic nitrogens is 3. The molecule has 0 saturated heterocycles. The summed E-state index contributed by atoms with van der Waals surface area (Å²) in [7, 11) is 2.03. The maximum Gasteiger partial charge on any atom is 0.196 e. The molecule has 0 atom stereocenters. The van der Waals surface area contributed by atoms with Gasteiger partial charge in [0.15, 0.2) is 11.6 Å². The first-order chi connectivity index (χ1) is 12.8. The maximum absolute atomic E-state index is 5.00. The molecule has 0 aliphatic carbocycles. The van der Waals surface area contributed by atoms with Crippen molar-refractivity contribution >= 4 is 44.7 Å². The number of aryl methyl sites for hydroxylation is 1. The van der Waals surface area contributed by atoms with Gasteiger partial charge in [-0.15, -0.1) is 11.3 Å². The lowest BCUT2D eigenvalue weighted by atomic mass is 10.0. The van der Waals surface area contributed by atoms with Crippen molar-refractivity contribution in [2.45, 2.75) is 0 Å². The summed E-state index contributed by atoms with van der Waals surface area (Å²) in [6.45, 7) is 0. The highest BCUT2D eigenvalue weighted by Gasteiger charge is 2.26. The minimum Gasteiger partial charge on any atom is -0.318 e. The number of rotatable bonds is 1. The monoisotopic (exact) mass is 354 g/mol. The van der Waals surface area contributed by atoms with Crippen molar-refractivity contribution in [3.8, 4) is 5.82 Å². The average Bonchev–Trinajstić information content (AvgIpc) is 3.36. The fraction of sp³-hybridized carbons (Fsp3) is 0.0476. The van der Waals surface area contributed by atoms with Crippen LogP contribution in [0.1, 0.15) is 10.4 Å². The molecule has 4 heterocycles. The zero-order valence-corrected chi connectivity index (χ0v) is 14.9. The predicted octanol–water partition coefficient (Wildman–Crippen LogP) is 5.06. The van der Waals surface area contributed by atoms with Crippen molar-refractivity contribution in [2.75, 3.05) is 0 Å². The Balaban J connectivity index is 1.90. The number of benzene rings is 2. The summed E-state index contributed by atoms with van der Waals surface area (Å²) in [5.41, 5.74) is 4.52. The summed E-state index contributed by atoms with van der Waals surface area (Å²) < 4.78 is 4.37. The van der Waals surface area contributed by atoms with E-state index in [1.807, 2.05) is 13.4 Å². The minimum atomic E-state index is 0.759. The first-order valence-corrected chi connectivity index (χ1v) is 9.38. The van der Waals surface area contributed by atoms with E-state index < -0.39 is 0 Å². The van der Waals surface area contributed by atoms with Gasteiger partial charge >= 0.3 is 0 Å². The second-order valence-corrected chi connectivity index (χ2v) is 7.44.